The van der Waals surface area contributed by atoms with E-state index in [-0.39, 0.29) is 18.0 Å². The number of carbonyl (C=O) groups excluding carboxylic acids is 1. The second-order valence-electron chi connectivity index (χ2n) is 4.93. The summed E-state index contributed by atoms with van der Waals surface area (Å²) in [6, 6.07) is 5.71. The lowest BCUT2D eigenvalue weighted by Crippen LogP contribution is -2.27. The molecule has 0 amide bonds. The van der Waals surface area contributed by atoms with E-state index in [1.165, 1.54) is 7.11 Å². The van der Waals surface area contributed by atoms with Gasteiger partial charge in [-0.2, -0.15) is 5.26 Å². The number of aromatic nitrogens is 1. The largest absolute Gasteiger partial charge is 0.469 e. The van der Waals surface area contributed by atoms with Crippen LogP contribution < -0.4 is 0 Å². The first-order valence-electron chi connectivity index (χ1n) is 6.78. The summed E-state index contributed by atoms with van der Waals surface area (Å²) < 4.78 is 10.6. The van der Waals surface area contributed by atoms with Crippen molar-refractivity contribution in [1.29, 1.82) is 5.26 Å². The molecule has 1 aromatic rings. The van der Waals surface area contributed by atoms with Gasteiger partial charge in [-0.1, -0.05) is 6.07 Å². The molecule has 5 nitrogen and oxygen atoms in total. The van der Waals surface area contributed by atoms with Crippen LogP contribution in [-0.4, -0.2) is 24.2 Å². The first-order valence-corrected chi connectivity index (χ1v) is 6.78. The smallest absolute Gasteiger partial charge is 0.308 e. The first-order chi connectivity index (χ1) is 9.74. The summed E-state index contributed by atoms with van der Waals surface area (Å²) in [5.41, 5.74) is 1.22. The van der Waals surface area contributed by atoms with Crippen LogP contribution in [0, 0.1) is 17.2 Å². The van der Waals surface area contributed by atoms with Gasteiger partial charge in [0.25, 0.3) is 0 Å². The summed E-state index contributed by atoms with van der Waals surface area (Å²) in [6.45, 7) is 0.393. The van der Waals surface area contributed by atoms with Crippen LogP contribution >= 0.6 is 0 Å². The summed E-state index contributed by atoms with van der Waals surface area (Å²) in [6.07, 6.45) is 5.04. The van der Waals surface area contributed by atoms with Crippen LogP contribution in [0.2, 0.25) is 0 Å². The van der Waals surface area contributed by atoms with E-state index in [9.17, 15) is 4.79 Å². The van der Waals surface area contributed by atoms with Crippen molar-refractivity contribution >= 4 is 5.97 Å². The van der Waals surface area contributed by atoms with Crippen LogP contribution in [0.25, 0.3) is 0 Å². The van der Waals surface area contributed by atoms with Crippen LogP contribution in [0.3, 0.4) is 0 Å². The van der Waals surface area contributed by atoms with E-state index in [4.69, 9.17) is 14.7 Å². The quantitative estimate of drug-likeness (QED) is 0.787. The third-order valence-corrected chi connectivity index (χ3v) is 3.68. The highest BCUT2D eigenvalue weighted by atomic mass is 16.5. The molecule has 1 saturated carbocycles. The third-order valence-electron chi connectivity index (χ3n) is 3.68. The molecule has 0 unspecified atom stereocenters. The van der Waals surface area contributed by atoms with Crippen molar-refractivity contribution in [2.24, 2.45) is 5.92 Å². The molecular formula is C15H18N2O3. The zero-order chi connectivity index (χ0) is 14.4. The minimum atomic E-state index is -0.123. The Morgan fingerprint density at radius 3 is 2.85 bits per heavy atom. The van der Waals surface area contributed by atoms with Gasteiger partial charge in [0, 0.05) is 11.8 Å². The van der Waals surface area contributed by atoms with Gasteiger partial charge in [-0.25, -0.2) is 4.98 Å². The molecule has 0 saturated heterocycles. The molecule has 0 atom stereocenters. The Morgan fingerprint density at radius 1 is 1.45 bits per heavy atom. The Morgan fingerprint density at radius 2 is 2.20 bits per heavy atom. The zero-order valence-electron chi connectivity index (χ0n) is 11.5. The predicted molar refractivity (Wildman–Crippen MR) is 71.5 cm³/mol. The van der Waals surface area contributed by atoms with Gasteiger partial charge in [0.1, 0.15) is 11.8 Å². The van der Waals surface area contributed by atoms with E-state index in [0.29, 0.717) is 12.3 Å². The van der Waals surface area contributed by atoms with Gasteiger partial charge < -0.3 is 9.47 Å². The van der Waals surface area contributed by atoms with Crippen LogP contribution in [0.1, 0.15) is 36.9 Å². The van der Waals surface area contributed by atoms with Crippen LogP contribution in [-0.2, 0) is 20.9 Å². The maximum atomic E-state index is 11.4. The summed E-state index contributed by atoms with van der Waals surface area (Å²) in [7, 11) is 1.43. The fourth-order valence-electron chi connectivity index (χ4n) is 2.50. The highest BCUT2D eigenvalue weighted by Gasteiger charge is 2.27. The van der Waals surface area contributed by atoms with E-state index in [1.54, 1.807) is 12.3 Å². The molecular weight excluding hydrogens is 256 g/mol. The lowest BCUT2D eigenvalue weighted by atomic mass is 9.87. The number of hydrogen-bond donors (Lipinski definition) is 0. The summed E-state index contributed by atoms with van der Waals surface area (Å²) in [5.74, 6) is -0.115. The molecule has 1 aliphatic rings. The Balaban J connectivity index is 1.82. The summed E-state index contributed by atoms with van der Waals surface area (Å²) in [4.78, 5) is 15.4. The molecule has 106 valence electrons. The number of nitrogens with zero attached hydrogens (tertiary/aromatic N) is 2. The molecule has 1 fully saturated rings. The fourth-order valence-corrected chi connectivity index (χ4v) is 2.50. The highest BCUT2D eigenvalue weighted by Crippen LogP contribution is 2.27. The Labute approximate surface area is 118 Å². The van der Waals surface area contributed by atoms with Crippen molar-refractivity contribution in [2.45, 2.75) is 38.4 Å². The van der Waals surface area contributed by atoms with Gasteiger partial charge in [-0.3, -0.25) is 4.79 Å². The van der Waals surface area contributed by atoms with Crippen molar-refractivity contribution in [3.8, 4) is 6.07 Å². The van der Waals surface area contributed by atoms with E-state index < -0.39 is 0 Å². The molecule has 1 aliphatic carbocycles. The monoisotopic (exact) mass is 274 g/mol. The molecule has 0 aliphatic heterocycles. The second-order valence-corrected chi connectivity index (χ2v) is 4.93. The van der Waals surface area contributed by atoms with Crippen molar-refractivity contribution in [1.82, 2.24) is 4.98 Å². The molecule has 5 heteroatoms. The molecule has 1 heterocycles. The summed E-state index contributed by atoms with van der Waals surface area (Å²) in [5, 5.41) is 8.96. The number of ether oxygens (including phenoxy) is 2. The third kappa shape index (κ3) is 3.55. The second kappa shape index (κ2) is 7.01. The minimum Gasteiger partial charge on any atom is -0.469 e. The van der Waals surface area contributed by atoms with Crippen molar-refractivity contribution in [3.63, 3.8) is 0 Å². The lowest BCUT2D eigenvalue weighted by molar-refractivity contribution is -0.147. The number of rotatable bonds is 4. The average molecular weight is 274 g/mol. The average Bonchev–Trinajstić information content (AvgIpc) is 2.53. The molecule has 1 aromatic heterocycles. The number of carbonyl (C=O) groups is 1. The Kier molecular flexibility index (Phi) is 5.08. The number of hydrogen-bond acceptors (Lipinski definition) is 5. The van der Waals surface area contributed by atoms with Crippen molar-refractivity contribution < 1.29 is 14.3 Å². The minimum absolute atomic E-state index is 0.00733. The first kappa shape index (κ1) is 14.5. The molecule has 0 bridgehead atoms. The van der Waals surface area contributed by atoms with Gasteiger partial charge >= 0.3 is 5.97 Å². The molecule has 0 radical (unpaired) electrons. The SMILES string of the molecule is COC(=O)C1CCC(OCc2cccnc2C#N)CC1. The number of pyridine rings is 1. The van der Waals surface area contributed by atoms with Crippen LogP contribution in [0.15, 0.2) is 18.3 Å². The maximum absolute atomic E-state index is 11.4. The molecule has 2 rings (SSSR count). The van der Waals surface area contributed by atoms with Crippen LogP contribution in [0.5, 0.6) is 0 Å². The number of nitriles is 1. The molecule has 0 N–H and O–H groups in total. The van der Waals surface area contributed by atoms with Gasteiger partial charge in [0.05, 0.1) is 25.7 Å². The van der Waals surface area contributed by atoms with Crippen molar-refractivity contribution in [3.05, 3.63) is 29.6 Å². The maximum Gasteiger partial charge on any atom is 0.308 e. The topological polar surface area (TPSA) is 72.2 Å². The van der Waals surface area contributed by atoms with Gasteiger partial charge in [0.15, 0.2) is 0 Å². The number of methoxy groups -OCH3 is 1. The van der Waals surface area contributed by atoms with Crippen LogP contribution in [0.4, 0.5) is 0 Å². The van der Waals surface area contributed by atoms with E-state index in [2.05, 4.69) is 11.1 Å². The molecule has 0 spiro atoms. The highest BCUT2D eigenvalue weighted by molar-refractivity contribution is 5.72. The number of esters is 1. The van der Waals surface area contributed by atoms with Gasteiger partial charge in [-0.15, -0.1) is 0 Å². The zero-order valence-corrected chi connectivity index (χ0v) is 11.5. The Bertz CT molecular complexity index is 502. The molecule has 20 heavy (non-hydrogen) atoms. The van der Waals surface area contributed by atoms with Gasteiger partial charge in [0.2, 0.25) is 0 Å². The van der Waals surface area contributed by atoms with Gasteiger partial charge in [-0.05, 0) is 31.7 Å². The normalized spacial score (nSPS) is 22.0. The van der Waals surface area contributed by atoms with E-state index in [1.807, 2.05) is 6.07 Å². The summed E-state index contributed by atoms with van der Waals surface area (Å²) >= 11 is 0. The lowest BCUT2D eigenvalue weighted by Gasteiger charge is -2.27. The predicted octanol–water partition coefficient (Wildman–Crippen LogP) is 2.20. The fraction of sp³-hybridized carbons (Fsp3) is 0.533. The van der Waals surface area contributed by atoms with Crippen molar-refractivity contribution in [2.75, 3.05) is 7.11 Å². The van der Waals surface area contributed by atoms with E-state index in [0.717, 1.165) is 31.2 Å². The Hall–Kier alpha value is -1.93. The van der Waals surface area contributed by atoms with E-state index >= 15 is 0 Å². The molecule has 0 aromatic carbocycles. The standard InChI is InChI=1S/C15H18N2O3/c1-19-15(18)11-4-6-13(7-5-11)20-10-12-3-2-8-17-14(12)9-16/h2-3,8,11,13H,4-7,10H2,1H3.